The Bertz CT molecular complexity index is 943. The van der Waals surface area contributed by atoms with Gasteiger partial charge in [0, 0.05) is 21.0 Å². The van der Waals surface area contributed by atoms with Gasteiger partial charge in [-0.15, -0.1) is 11.3 Å². The number of ether oxygens (including phenoxy) is 1. The number of nitrogens with zero attached hydrogens (tertiary/aromatic N) is 1. The third kappa shape index (κ3) is 4.07. The van der Waals surface area contributed by atoms with Crippen LogP contribution in [0.1, 0.15) is 10.4 Å². The number of carbonyl (C=O) groups is 1. The SMILES string of the molecule is COc1ccc(Cl)cc1C(=O)Nc1nc(-c2ccc(Cl)cc2Cl)cs1. The summed E-state index contributed by atoms with van der Waals surface area (Å²) in [6, 6.07) is 9.99. The first-order valence-corrected chi connectivity index (χ1v) is 9.05. The Kier molecular flexibility index (Phi) is 5.49. The predicted octanol–water partition coefficient (Wildman–Crippen LogP) is 6.03. The Morgan fingerprint density at radius 2 is 1.84 bits per heavy atom. The van der Waals surface area contributed by atoms with Gasteiger partial charge >= 0.3 is 0 Å². The first-order valence-electron chi connectivity index (χ1n) is 7.04. The lowest BCUT2D eigenvalue weighted by molar-refractivity contribution is 0.102. The highest BCUT2D eigenvalue weighted by molar-refractivity contribution is 7.14. The maximum Gasteiger partial charge on any atom is 0.261 e. The molecule has 0 aliphatic carbocycles. The summed E-state index contributed by atoms with van der Waals surface area (Å²) < 4.78 is 5.19. The zero-order valence-corrected chi connectivity index (χ0v) is 15.9. The van der Waals surface area contributed by atoms with E-state index in [1.807, 2.05) is 0 Å². The average molecular weight is 414 g/mol. The van der Waals surface area contributed by atoms with Gasteiger partial charge in [0.15, 0.2) is 5.13 Å². The van der Waals surface area contributed by atoms with Crippen molar-refractivity contribution in [3.8, 4) is 17.0 Å². The molecule has 1 amide bonds. The van der Waals surface area contributed by atoms with Crippen LogP contribution < -0.4 is 10.1 Å². The average Bonchev–Trinajstić information content (AvgIpc) is 3.02. The maximum absolute atomic E-state index is 12.5. The molecular formula is C17H11Cl3N2O2S. The molecule has 0 saturated carbocycles. The smallest absolute Gasteiger partial charge is 0.261 e. The zero-order valence-electron chi connectivity index (χ0n) is 12.8. The molecule has 1 heterocycles. The van der Waals surface area contributed by atoms with Crippen LogP contribution in [0, 0.1) is 0 Å². The number of anilines is 1. The van der Waals surface area contributed by atoms with Gasteiger partial charge in [-0.25, -0.2) is 4.98 Å². The van der Waals surface area contributed by atoms with Crippen molar-refractivity contribution < 1.29 is 9.53 Å². The molecule has 1 N–H and O–H groups in total. The Morgan fingerprint density at radius 1 is 1.12 bits per heavy atom. The van der Waals surface area contributed by atoms with Gasteiger partial charge < -0.3 is 4.74 Å². The number of hydrogen-bond acceptors (Lipinski definition) is 4. The van der Waals surface area contributed by atoms with Crippen LogP contribution in [0.4, 0.5) is 5.13 Å². The van der Waals surface area contributed by atoms with Crippen molar-refractivity contribution in [3.63, 3.8) is 0 Å². The molecule has 0 fully saturated rings. The van der Waals surface area contributed by atoms with Crippen molar-refractivity contribution in [2.75, 3.05) is 12.4 Å². The van der Waals surface area contributed by atoms with Gasteiger partial charge in [0.1, 0.15) is 5.75 Å². The van der Waals surface area contributed by atoms with Crippen LogP contribution in [-0.4, -0.2) is 18.0 Å². The van der Waals surface area contributed by atoms with Crippen molar-refractivity contribution in [1.29, 1.82) is 0 Å². The fraction of sp³-hybridized carbons (Fsp3) is 0.0588. The lowest BCUT2D eigenvalue weighted by Crippen LogP contribution is -2.13. The summed E-state index contributed by atoms with van der Waals surface area (Å²) in [5.41, 5.74) is 1.72. The molecule has 0 atom stereocenters. The molecule has 0 spiro atoms. The van der Waals surface area contributed by atoms with Gasteiger partial charge in [-0.2, -0.15) is 0 Å². The van der Waals surface area contributed by atoms with Crippen molar-refractivity contribution in [2.24, 2.45) is 0 Å². The number of amides is 1. The summed E-state index contributed by atoms with van der Waals surface area (Å²) in [5, 5.41) is 6.47. The number of carbonyl (C=O) groups excluding carboxylic acids is 1. The van der Waals surface area contributed by atoms with Crippen molar-refractivity contribution in [2.45, 2.75) is 0 Å². The first-order chi connectivity index (χ1) is 12.0. The zero-order chi connectivity index (χ0) is 18.0. The second-order valence-electron chi connectivity index (χ2n) is 4.96. The van der Waals surface area contributed by atoms with E-state index >= 15 is 0 Å². The van der Waals surface area contributed by atoms with E-state index in [0.717, 1.165) is 5.56 Å². The van der Waals surface area contributed by atoms with Gasteiger partial charge in [-0.1, -0.05) is 34.8 Å². The number of nitrogens with one attached hydrogen (secondary N) is 1. The molecule has 8 heteroatoms. The van der Waals surface area contributed by atoms with Gasteiger partial charge in [-0.3, -0.25) is 10.1 Å². The molecule has 0 saturated heterocycles. The highest BCUT2D eigenvalue weighted by atomic mass is 35.5. The van der Waals surface area contributed by atoms with E-state index in [4.69, 9.17) is 39.5 Å². The number of methoxy groups -OCH3 is 1. The molecule has 0 aliphatic heterocycles. The van der Waals surface area contributed by atoms with E-state index in [-0.39, 0.29) is 5.91 Å². The van der Waals surface area contributed by atoms with E-state index < -0.39 is 0 Å². The predicted molar refractivity (Wildman–Crippen MR) is 104 cm³/mol. The largest absolute Gasteiger partial charge is 0.496 e. The molecule has 0 radical (unpaired) electrons. The summed E-state index contributed by atoms with van der Waals surface area (Å²) in [4.78, 5) is 16.9. The monoisotopic (exact) mass is 412 g/mol. The fourth-order valence-electron chi connectivity index (χ4n) is 2.17. The fourth-order valence-corrected chi connectivity index (χ4v) is 3.56. The first kappa shape index (κ1) is 18.0. The Balaban J connectivity index is 1.84. The van der Waals surface area contributed by atoms with Crippen LogP contribution >= 0.6 is 46.1 Å². The van der Waals surface area contributed by atoms with Crippen molar-refractivity contribution in [3.05, 3.63) is 62.4 Å². The van der Waals surface area contributed by atoms with Crippen LogP contribution in [0.3, 0.4) is 0 Å². The molecule has 0 aliphatic rings. The topological polar surface area (TPSA) is 51.2 Å². The number of rotatable bonds is 4. The highest BCUT2D eigenvalue weighted by Crippen LogP contribution is 2.33. The third-order valence-electron chi connectivity index (χ3n) is 3.34. The summed E-state index contributed by atoms with van der Waals surface area (Å²) in [6.07, 6.45) is 0. The van der Waals surface area contributed by atoms with E-state index in [1.165, 1.54) is 18.4 Å². The van der Waals surface area contributed by atoms with E-state index in [1.54, 1.807) is 41.8 Å². The van der Waals surface area contributed by atoms with Gasteiger partial charge in [0.2, 0.25) is 0 Å². The molecule has 1 aromatic heterocycles. The van der Waals surface area contributed by atoms with Gasteiger partial charge in [-0.05, 0) is 36.4 Å². The highest BCUT2D eigenvalue weighted by Gasteiger charge is 2.16. The number of hydrogen-bond donors (Lipinski definition) is 1. The molecule has 3 rings (SSSR count). The Labute approximate surface area is 163 Å². The van der Waals surface area contributed by atoms with Crippen molar-refractivity contribution in [1.82, 2.24) is 4.98 Å². The molecule has 128 valence electrons. The van der Waals surface area contributed by atoms with Gasteiger partial charge in [0.25, 0.3) is 5.91 Å². The quantitative estimate of drug-likeness (QED) is 0.568. The normalized spacial score (nSPS) is 10.6. The molecule has 2 aromatic carbocycles. The molecule has 3 aromatic rings. The summed E-state index contributed by atoms with van der Waals surface area (Å²) in [5.74, 6) is 0.0712. The summed E-state index contributed by atoms with van der Waals surface area (Å²) in [6.45, 7) is 0. The van der Waals surface area contributed by atoms with Crippen LogP contribution in [-0.2, 0) is 0 Å². The molecule has 0 unspecified atom stereocenters. The standard InChI is InChI=1S/C17H11Cl3N2O2S/c1-24-15-5-3-9(18)6-12(15)16(23)22-17-21-14(8-25-17)11-4-2-10(19)7-13(11)20/h2-8H,1H3,(H,21,22,23). The Morgan fingerprint density at radius 3 is 2.56 bits per heavy atom. The number of halogens is 3. The van der Waals surface area contributed by atoms with Crippen molar-refractivity contribution >= 4 is 57.2 Å². The molecule has 0 bridgehead atoms. The molecule has 4 nitrogen and oxygen atoms in total. The lowest BCUT2D eigenvalue weighted by Gasteiger charge is -2.08. The van der Waals surface area contributed by atoms with E-state index in [0.29, 0.717) is 37.2 Å². The number of aromatic nitrogens is 1. The van der Waals surface area contributed by atoms with Crippen LogP contribution in [0.2, 0.25) is 15.1 Å². The molecule has 25 heavy (non-hydrogen) atoms. The lowest BCUT2D eigenvalue weighted by atomic mass is 10.2. The van der Waals surface area contributed by atoms with Crippen LogP contribution in [0.15, 0.2) is 41.8 Å². The van der Waals surface area contributed by atoms with E-state index in [2.05, 4.69) is 10.3 Å². The number of thiazole rings is 1. The second-order valence-corrected chi connectivity index (χ2v) is 7.10. The Hall–Kier alpha value is -1.79. The van der Waals surface area contributed by atoms with Crippen LogP contribution in [0.25, 0.3) is 11.3 Å². The second kappa shape index (κ2) is 7.62. The van der Waals surface area contributed by atoms with Gasteiger partial charge in [0.05, 0.1) is 23.4 Å². The maximum atomic E-state index is 12.5. The summed E-state index contributed by atoms with van der Waals surface area (Å²) in [7, 11) is 1.49. The van der Waals surface area contributed by atoms with Crippen LogP contribution in [0.5, 0.6) is 5.75 Å². The number of benzene rings is 2. The molecular weight excluding hydrogens is 403 g/mol. The minimum atomic E-state index is -0.359. The minimum Gasteiger partial charge on any atom is -0.496 e. The van der Waals surface area contributed by atoms with E-state index in [9.17, 15) is 4.79 Å². The minimum absolute atomic E-state index is 0.330. The third-order valence-corrected chi connectivity index (χ3v) is 4.88. The summed E-state index contributed by atoms with van der Waals surface area (Å²) >= 11 is 19.3.